The largest absolute Gasteiger partial charge is 0.508 e. The van der Waals surface area contributed by atoms with Crippen molar-refractivity contribution in [1.29, 1.82) is 5.41 Å². The molecule has 3 saturated heterocycles. The molecule has 133 heavy (non-hydrogen) atoms. The van der Waals surface area contributed by atoms with Crippen molar-refractivity contribution in [3.63, 3.8) is 0 Å². The van der Waals surface area contributed by atoms with E-state index in [1.807, 2.05) is 0 Å². The van der Waals surface area contributed by atoms with Crippen LogP contribution in [0.2, 0.25) is 0 Å². The summed E-state index contributed by atoms with van der Waals surface area (Å²) in [5, 5.41) is 97.9. The molecule has 29 N–H and O–H groups in total. The lowest BCUT2D eigenvalue weighted by atomic mass is 10.0. The molecule has 49 nitrogen and oxygen atoms in total. The number of unbranched alkanes of at least 4 members (excludes halogenated alkanes) is 1. The summed E-state index contributed by atoms with van der Waals surface area (Å²) in [5.41, 5.74) is 18.4. The number of aliphatic hydroxyl groups is 1. The molecule has 0 spiro atoms. The monoisotopic (exact) mass is 1870 g/mol. The highest BCUT2D eigenvalue weighted by Crippen LogP contribution is 2.25. The topological polar surface area (TPSA) is 776 Å². The van der Waals surface area contributed by atoms with Gasteiger partial charge in [0, 0.05) is 88.2 Å². The Balaban J connectivity index is 1.28. The quantitative estimate of drug-likeness (QED) is 0.0213. The van der Waals surface area contributed by atoms with Crippen molar-refractivity contribution in [1.82, 2.24) is 99.9 Å². The highest BCUT2D eigenvalue weighted by Gasteiger charge is 2.44. The molecular weight excluding hydrogens is 1750 g/mol. The molecule has 4 heterocycles. The Kier molecular flexibility index (Phi) is 44.1. The molecule has 3 fully saturated rings. The molecule has 0 saturated carbocycles. The fraction of sp³-hybridized carbons (Fsp3) is 0.571. The first kappa shape index (κ1) is 108. The molecule has 49 heteroatoms. The van der Waals surface area contributed by atoms with Crippen LogP contribution >= 0.6 is 0 Å². The van der Waals surface area contributed by atoms with Crippen LogP contribution in [0.1, 0.15) is 167 Å². The number of guanidine groups is 1. The van der Waals surface area contributed by atoms with Crippen molar-refractivity contribution in [2.75, 3.05) is 52.4 Å². The van der Waals surface area contributed by atoms with Gasteiger partial charge in [-0.2, -0.15) is 0 Å². The normalized spacial score (nSPS) is 24.5. The molecule has 1 aromatic heterocycles. The summed E-state index contributed by atoms with van der Waals surface area (Å²) in [7, 11) is 0. The van der Waals surface area contributed by atoms with Crippen LogP contribution in [0, 0.1) is 5.41 Å². The first-order valence-electron chi connectivity index (χ1n) is 43.9. The molecular formula is C84H123N23O26. The number of aliphatic hydroxyl groups excluding tert-OH is 1. The summed E-state index contributed by atoms with van der Waals surface area (Å²) >= 11 is 0. The zero-order valence-electron chi connectivity index (χ0n) is 74.1. The number of aliphatic carboxylic acids is 3. The van der Waals surface area contributed by atoms with Crippen LogP contribution in [-0.2, 0) is 114 Å². The van der Waals surface area contributed by atoms with E-state index in [0.29, 0.717) is 41.3 Å². The third-order valence-electron chi connectivity index (χ3n) is 22.0. The zero-order valence-corrected chi connectivity index (χ0v) is 74.1. The number of phenolic OH excluding ortho intramolecular Hbond substituents is 1. The maximum absolute atomic E-state index is 15.0. The van der Waals surface area contributed by atoms with E-state index in [-0.39, 0.29) is 116 Å². The van der Waals surface area contributed by atoms with Crippen molar-refractivity contribution >= 4 is 141 Å². The highest BCUT2D eigenvalue weighted by atomic mass is 16.4. The van der Waals surface area contributed by atoms with Crippen molar-refractivity contribution in [2.45, 2.75) is 253 Å². The van der Waals surface area contributed by atoms with Gasteiger partial charge in [-0.1, -0.05) is 36.8 Å². The number of carboxylic acids is 3. The lowest BCUT2D eigenvalue weighted by Gasteiger charge is -2.32. The number of aromatic nitrogens is 1. The van der Waals surface area contributed by atoms with Gasteiger partial charge in [-0.15, -0.1) is 0 Å². The molecule has 18 amide bonds. The second kappa shape index (κ2) is 54.5. The number of H-pyrrole nitrogens is 1. The Bertz CT molecular complexity index is 4660. The van der Waals surface area contributed by atoms with Crippen LogP contribution in [0.25, 0.3) is 10.9 Å². The fourth-order valence-corrected chi connectivity index (χ4v) is 14.8. The third-order valence-corrected chi connectivity index (χ3v) is 22.0. The number of carbonyl (C=O) groups excluding carboxylic acids is 18. The predicted molar refractivity (Wildman–Crippen MR) is 469 cm³/mol. The van der Waals surface area contributed by atoms with Crippen LogP contribution in [0.5, 0.6) is 5.75 Å². The molecule has 14 atom stereocenters. The van der Waals surface area contributed by atoms with Gasteiger partial charge in [-0.25, -0.2) is 0 Å². The van der Waals surface area contributed by atoms with Crippen LogP contribution in [0.15, 0.2) is 54.7 Å². The smallest absolute Gasteiger partial charge is 0.303 e. The molecule has 6 rings (SSSR count). The lowest BCUT2D eigenvalue weighted by Crippen LogP contribution is -2.61. The first-order chi connectivity index (χ1) is 63.1. The predicted octanol–water partition coefficient (Wildman–Crippen LogP) is -7.31. The van der Waals surface area contributed by atoms with Gasteiger partial charge < -0.3 is 143 Å². The standard InChI is InChI=1S/C84H123N23O26/c1-44-71(121)98-55(27-31-68(117)118)75(125)96-45(2)72(122)102-57(16-8-9-33-85)82(132)106-36-12-18-60(106)81(131)104-59(39-48-40-91-51-15-7-6-14-50(48)51)79(129)103-58(38-47-21-23-49(109)24-22-47)74(124)93-41-64(112)89-34-10-4-5-20-63(111)92-42-66(114)97-54(25-29-62(86)110)77(127)99-52(17-11-35-90-84(87)88)76(126)100-56(28-32-69(119)120)78(128)105-70(46(3)108)83(133)107-37-13-19-61(107)80(130)101-53(26-30-67(115)116)73(123)94-43-65(113)95-44/h6-7,14-15,21-24,40,44-46,52-61,70,91,108-109H,4-5,8-13,16-20,25-39,41-43,85H2,1-3H3,(H2,86,110)(H,89,112)(H,92,111)(H,93,124)(H,94,123)(H,95,113)(H,96,125)(H,97,114)(H,98,121)(H,99,127)(H,100,126)(H,101,130)(H,102,122)(H,103,129)(H,104,131)(H,105,128)(H,115,116)(H,117,118)(H,119,120)(H4,87,88,90)/t44-,45-,46+,52-,53-,54-,55-,56-,57-,58-,59-,60-,61-,70-/m0/s1. The van der Waals surface area contributed by atoms with E-state index in [0.717, 1.165) is 18.7 Å². The third kappa shape index (κ3) is 36.6. The number of aromatic amines is 1. The van der Waals surface area contributed by atoms with E-state index in [9.17, 15) is 126 Å². The average Bonchev–Trinajstić information content (AvgIpc) is 1.68. The molecule has 0 aliphatic carbocycles. The second-order valence-corrected chi connectivity index (χ2v) is 32.6. The minimum absolute atomic E-state index is 0.0226. The van der Waals surface area contributed by atoms with Gasteiger partial charge in [0.05, 0.1) is 25.7 Å². The summed E-state index contributed by atoms with van der Waals surface area (Å²) in [6, 6.07) is -8.23. The van der Waals surface area contributed by atoms with E-state index in [4.69, 9.17) is 22.6 Å². The molecule has 0 bridgehead atoms. The number of nitrogens with two attached hydrogens (primary N) is 3. The van der Waals surface area contributed by atoms with E-state index < -0.39 is 286 Å². The molecule has 3 aliphatic rings. The molecule has 2 aromatic carbocycles. The zero-order chi connectivity index (χ0) is 98.1. The molecule has 0 unspecified atom stereocenters. The van der Waals surface area contributed by atoms with Crippen LogP contribution in [-0.4, -0.2) is 308 Å². The second-order valence-electron chi connectivity index (χ2n) is 32.6. The number of hydrogen-bond acceptors (Lipinski definition) is 25. The molecule has 0 radical (unpaired) electrons. The van der Waals surface area contributed by atoms with Gasteiger partial charge in [0.25, 0.3) is 0 Å². The number of phenols is 1. The summed E-state index contributed by atoms with van der Waals surface area (Å²) < 4.78 is 0. The first-order valence-corrected chi connectivity index (χ1v) is 43.9. The Morgan fingerprint density at radius 2 is 0.917 bits per heavy atom. The van der Waals surface area contributed by atoms with Gasteiger partial charge in [0.15, 0.2) is 5.96 Å². The van der Waals surface area contributed by atoms with Gasteiger partial charge in [-0.05, 0) is 153 Å². The highest BCUT2D eigenvalue weighted by molar-refractivity contribution is 6.02. The van der Waals surface area contributed by atoms with Crippen LogP contribution in [0.3, 0.4) is 0 Å². The summed E-state index contributed by atoms with van der Waals surface area (Å²) in [6.45, 7) is 0.936. The number of fused-ring (bicyclic) bond motifs is 3. The SMILES string of the molecule is C[C@@H]1NC(=O)CNC(=O)[C@H](CCC(=O)O)NC(=O)[C@@H]2CCCN2C(=O)[C@H]([C@@H](C)O)NC(=O)[C@H](CCC(=O)O)NC(=O)[C@H](CCCNC(=N)N)NC(=O)[C@H](CCC(N)=O)NC(=O)CNC(=O)CCCCCNC(=O)CNC(=O)[C@H](Cc2ccc(O)cc2)NC(=O)[C@H](Cc2c[nH]c3ccccc23)NC(=O)[C@@H]2CCCN2C(=O)[C@H](CCCCN)NC(=O)[C@H](C)NC(=O)[C@H](CCC(=O)O)NC1=O. The van der Waals surface area contributed by atoms with E-state index >= 15 is 0 Å². The summed E-state index contributed by atoms with van der Waals surface area (Å²) in [5.74, 6) is -22.8. The van der Waals surface area contributed by atoms with Crippen LogP contribution in [0.4, 0.5) is 0 Å². The van der Waals surface area contributed by atoms with Crippen molar-refractivity contribution in [3.8, 4) is 5.75 Å². The molecule has 3 aliphatic heterocycles. The number of benzene rings is 2. The number of primary amides is 1. The maximum Gasteiger partial charge on any atom is 0.303 e. The number of aromatic hydroxyl groups is 1. The minimum atomic E-state index is -1.98. The van der Waals surface area contributed by atoms with Crippen molar-refractivity contribution < 1.29 is 126 Å². The lowest BCUT2D eigenvalue weighted by molar-refractivity contribution is -0.145. The van der Waals surface area contributed by atoms with Crippen LogP contribution < -0.4 is 102 Å². The Hall–Kier alpha value is -14.2. The number of carboxylic acid groups (broad SMARTS) is 3. The number of nitrogens with one attached hydrogen (secondary N) is 18. The number of hydrogen-bond donors (Lipinski definition) is 26. The Labute approximate surface area is 763 Å². The number of amides is 18. The maximum atomic E-state index is 15.0. The van der Waals surface area contributed by atoms with Gasteiger partial charge in [0.1, 0.15) is 84.3 Å². The number of carbonyl (C=O) groups is 21. The Morgan fingerprint density at radius 1 is 0.459 bits per heavy atom. The number of rotatable bonds is 25. The van der Waals surface area contributed by atoms with Crippen molar-refractivity contribution in [3.05, 3.63) is 65.9 Å². The van der Waals surface area contributed by atoms with E-state index in [2.05, 4.69) is 90.1 Å². The van der Waals surface area contributed by atoms with E-state index in [1.165, 1.54) is 36.1 Å². The summed E-state index contributed by atoms with van der Waals surface area (Å²) in [6.07, 6.45) is -4.79. The average molecular weight is 1870 g/mol. The number of para-hydroxylation sites is 1. The molecule has 3 aromatic rings. The summed E-state index contributed by atoms with van der Waals surface area (Å²) in [4.78, 5) is 293. The number of nitrogens with zero attached hydrogens (tertiary/aromatic N) is 2. The fourth-order valence-electron chi connectivity index (χ4n) is 14.8. The van der Waals surface area contributed by atoms with Crippen molar-refractivity contribution in [2.24, 2.45) is 17.2 Å². The Morgan fingerprint density at radius 3 is 1.50 bits per heavy atom. The van der Waals surface area contributed by atoms with Gasteiger partial charge >= 0.3 is 17.9 Å². The van der Waals surface area contributed by atoms with Gasteiger partial charge in [-0.3, -0.25) is 106 Å². The minimum Gasteiger partial charge on any atom is -0.508 e. The molecule has 730 valence electrons. The van der Waals surface area contributed by atoms with Gasteiger partial charge in [0.2, 0.25) is 106 Å². The van der Waals surface area contributed by atoms with E-state index in [1.54, 1.807) is 30.5 Å².